The van der Waals surface area contributed by atoms with Gasteiger partial charge in [-0.05, 0) is 49.4 Å². The zero-order valence-corrected chi connectivity index (χ0v) is 20.5. The van der Waals surface area contributed by atoms with Gasteiger partial charge >= 0.3 is 6.01 Å². The van der Waals surface area contributed by atoms with Crippen LogP contribution < -0.4 is 20.3 Å². The standard InChI is InChI=1S/C25H31F2N7O2/c1-3-23-31-25(36-32-23)33-8-6-16(7-9-33)15(2)35-18-11-29-24(30-12-18)34-13-20(22(28)14-34)19-10-17(26)4-5-21(19)27/h4-5,10-12,15-16,20,22H,3,6-9,13-14,28H2,1-2H3. The van der Waals surface area contributed by atoms with E-state index in [0.717, 1.165) is 50.3 Å². The molecule has 0 bridgehead atoms. The summed E-state index contributed by atoms with van der Waals surface area (Å²) in [4.78, 5) is 17.3. The van der Waals surface area contributed by atoms with E-state index in [1.165, 1.54) is 6.07 Å². The highest BCUT2D eigenvalue weighted by atomic mass is 19.1. The summed E-state index contributed by atoms with van der Waals surface area (Å²) in [6, 6.07) is 3.71. The van der Waals surface area contributed by atoms with Crippen LogP contribution in [-0.4, -0.2) is 58.4 Å². The number of piperidine rings is 1. The summed E-state index contributed by atoms with van der Waals surface area (Å²) in [6.07, 6.45) is 5.96. The van der Waals surface area contributed by atoms with Gasteiger partial charge in [0.05, 0.1) is 18.5 Å². The lowest BCUT2D eigenvalue weighted by atomic mass is 9.92. The van der Waals surface area contributed by atoms with Crippen molar-refractivity contribution in [3.05, 3.63) is 53.6 Å². The maximum absolute atomic E-state index is 14.3. The van der Waals surface area contributed by atoms with Crippen molar-refractivity contribution in [1.29, 1.82) is 0 Å². The normalized spacial score (nSPS) is 21.7. The van der Waals surface area contributed by atoms with Gasteiger partial charge in [0.2, 0.25) is 5.95 Å². The molecule has 2 aromatic heterocycles. The zero-order chi connectivity index (χ0) is 25.2. The fourth-order valence-corrected chi connectivity index (χ4v) is 5.04. The Bertz CT molecular complexity index is 1170. The van der Waals surface area contributed by atoms with E-state index in [-0.39, 0.29) is 23.6 Å². The van der Waals surface area contributed by atoms with Crippen LogP contribution in [0.15, 0.2) is 35.1 Å². The summed E-state index contributed by atoms with van der Waals surface area (Å²) in [5, 5.41) is 3.98. The molecule has 2 aliphatic heterocycles. The highest BCUT2D eigenvalue weighted by molar-refractivity contribution is 5.39. The number of aryl methyl sites for hydroxylation is 1. The van der Waals surface area contributed by atoms with E-state index in [9.17, 15) is 8.78 Å². The van der Waals surface area contributed by atoms with Crippen LogP contribution in [0.5, 0.6) is 5.75 Å². The third kappa shape index (κ3) is 5.11. The molecule has 36 heavy (non-hydrogen) atoms. The molecule has 5 rings (SSSR count). The van der Waals surface area contributed by atoms with Crippen LogP contribution in [0.4, 0.5) is 20.7 Å². The molecule has 2 fully saturated rings. The average Bonchev–Trinajstić information content (AvgIpc) is 3.53. The Hall–Kier alpha value is -3.34. The van der Waals surface area contributed by atoms with Crippen LogP contribution in [0, 0.1) is 17.6 Å². The van der Waals surface area contributed by atoms with E-state index < -0.39 is 11.6 Å². The van der Waals surface area contributed by atoms with Crippen LogP contribution in [0.3, 0.4) is 0 Å². The van der Waals surface area contributed by atoms with Crippen LogP contribution in [-0.2, 0) is 6.42 Å². The SMILES string of the molecule is CCc1noc(N2CCC(C(C)Oc3cnc(N4CC(N)C(c5cc(F)ccc5F)C4)nc3)CC2)n1. The van der Waals surface area contributed by atoms with Crippen LogP contribution in [0.25, 0.3) is 0 Å². The summed E-state index contributed by atoms with van der Waals surface area (Å²) < 4.78 is 39.4. The molecule has 3 atom stereocenters. The summed E-state index contributed by atoms with van der Waals surface area (Å²) in [5.74, 6) is 0.916. The van der Waals surface area contributed by atoms with Gasteiger partial charge in [0, 0.05) is 44.6 Å². The second-order valence-electron chi connectivity index (χ2n) is 9.55. The number of hydrogen-bond acceptors (Lipinski definition) is 9. The van der Waals surface area contributed by atoms with Gasteiger partial charge in [-0.3, -0.25) is 0 Å². The Morgan fingerprint density at radius 3 is 2.58 bits per heavy atom. The monoisotopic (exact) mass is 499 g/mol. The zero-order valence-electron chi connectivity index (χ0n) is 20.5. The Morgan fingerprint density at radius 2 is 1.89 bits per heavy atom. The van der Waals surface area contributed by atoms with Gasteiger partial charge in [-0.25, -0.2) is 18.7 Å². The number of aromatic nitrogens is 4. The maximum atomic E-state index is 14.3. The fourth-order valence-electron chi connectivity index (χ4n) is 5.04. The molecule has 0 radical (unpaired) electrons. The largest absolute Gasteiger partial charge is 0.487 e. The molecule has 192 valence electrons. The molecule has 0 spiro atoms. The maximum Gasteiger partial charge on any atom is 0.324 e. The Labute approximate surface area is 208 Å². The number of halogens is 2. The molecule has 3 unspecified atom stereocenters. The minimum atomic E-state index is -0.477. The lowest BCUT2D eigenvalue weighted by molar-refractivity contribution is 0.131. The molecule has 11 heteroatoms. The predicted molar refractivity (Wildman–Crippen MR) is 130 cm³/mol. The van der Waals surface area contributed by atoms with E-state index >= 15 is 0 Å². The Kier molecular flexibility index (Phi) is 6.99. The predicted octanol–water partition coefficient (Wildman–Crippen LogP) is 3.32. The highest BCUT2D eigenvalue weighted by Crippen LogP contribution is 2.31. The number of anilines is 2. The van der Waals surface area contributed by atoms with Crippen molar-refractivity contribution in [2.75, 3.05) is 36.0 Å². The summed E-state index contributed by atoms with van der Waals surface area (Å²) in [7, 11) is 0. The van der Waals surface area contributed by atoms with Crippen molar-refractivity contribution >= 4 is 12.0 Å². The van der Waals surface area contributed by atoms with Crippen LogP contribution >= 0.6 is 0 Å². The lowest BCUT2D eigenvalue weighted by Gasteiger charge is -2.33. The second-order valence-corrected chi connectivity index (χ2v) is 9.55. The van der Waals surface area contributed by atoms with Gasteiger partial charge in [0.1, 0.15) is 11.6 Å². The van der Waals surface area contributed by atoms with E-state index in [1.807, 2.05) is 11.8 Å². The third-order valence-electron chi connectivity index (χ3n) is 7.19. The van der Waals surface area contributed by atoms with Crippen LogP contribution in [0.1, 0.15) is 44.0 Å². The molecule has 2 aliphatic rings. The van der Waals surface area contributed by atoms with Gasteiger partial charge < -0.3 is 24.8 Å². The van der Waals surface area contributed by atoms with E-state index in [0.29, 0.717) is 36.7 Å². The first-order valence-corrected chi connectivity index (χ1v) is 12.4. The summed E-state index contributed by atoms with van der Waals surface area (Å²) >= 11 is 0. The molecule has 1 aromatic carbocycles. The van der Waals surface area contributed by atoms with E-state index in [4.69, 9.17) is 15.0 Å². The highest BCUT2D eigenvalue weighted by Gasteiger charge is 2.34. The minimum absolute atomic E-state index is 0.00368. The molecule has 0 aliphatic carbocycles. The van der Waals surface area contributed by atoms with Crippen molar-refractivity contribution in [2.45, 2.75) is 51.2 Å². The summed E-state index contributed by atoms with van der Waals surface area (Å²) in [5.41, 5.74) is 6.55. The molecule has 2 saturated heterocycles. The van der Waals surface area contributed by atoms with Crippen molar-refractivity contribution in [2.24, 2.45) is 11.7 Å². The van der Waals surface area contributed by atoms with Gasteiger partial charge in [0.25, 0.3) is 0 Å². The van der Waals surface area contributed by atoms with E-state index in [2.05, 4.69) is 31.9 Å². The first kappa shape index (κ1) is 24.4. The molecule has 2 N–H and O–H groups in total. The number of nitrogens with zero attached hydrogens (tertiary/aromatic N) is 6. The molecule has 9 nitrogen and oxygen atoms in total. The lowest BCUT2D eigenvalue weighted by Crippen LogP contribution is -2.38. The quantitative estimate of drug-likeness (QED) is 0.524. The number of hydrogen-bond donors (Lipinski definition) is 1. The van der Waals surface area contributed by atoms with Crippen molar-refractivity contribution in [1.82, 2.24) is 20.1 Å². The molecular formula is C25H31F2N7O2. The Morgan fingerprint density at radius 1 is 1.14 bits per heavy atom. The Balaban J connectivity index is 1.15. The topological polar surface area (TPSA) is 106 Å². The minimum Gasteiger partial charge on any atom is -0.487 e. The number of rotatable bonds is 7. The molecule has 4 heterocycles. The van der Waals surface area contributed by atoms with Crippen molar-refractivity contribution in [3.63, 3.8) is 0 Å². The molecule has 0 saturated carbocycles. The molecular weight excluding hydrogens is 468 g/mol. The smallest absolute Gasteiger partial charge is 0.324 e. The fraction of sp³-hybridized carbons (Fsp3) is 0.520. The van der Waals surface area contributed by atoms with E-state index in [1.54, 1.807) is 12.4 Å². The first-order chi connectivity index (χ1) is 17.4. The third-order valence-corrected chi connectivity index (χ3v) is 7.19. The van der Waals surface area contributed by atoms with Gasteiger partial charge in [-0.2, -0.15) is 4.98 Å². The molecule has 0 amide bonds. The second kappa shape index (κ2) is 10.3. The number of nitrogens with two attached hydrogens (primary N) is 1. The van der Waals surface area contributed by atoms with Crippen molar-refractivity contribution < 1.29 is 18.0 Å². The van der Waals surface area contributed by atoms with Gasteiger partial charge in [0.15, 0.2) is 11.6 Å². The van der Waals surface area contributed by atoms with Gasteiger partial charge in [-0.1, -0.05) is 12.1 Å². The van der Waals surface area contributed by atoms with Crippen molar-refractivity contribution in [3.8, 4) is 5.75 Å². The summed E-state index contributed by atoms with van der Waals surface area (Å²) in [6.45, 7) is 6.60. The average molecular weight is 500 g/mol. The van der Waals surface area contributed by atoms with Crippen LogP contribution in [0.2, 0.25) is 0 Å². The first-order valence-electron chi connectivity index (χ1n) is 12.4. The van der Waals surface area contributed by atoms with Gasteiger partial charge in [-0.15, -0.1) is 0 Å². The number of ether oxygens (including phenoxy) is 1. The number of benzene rings is 1. The molecule has 3 aromatic rings.